The molecule has 0 spiro atoms. The lowest BCUT2D eigenvalue weighted by Crippen LogP contribution is -2.47. The van der Waals surface area contributed by atoms with E-state index in [0.717, 1.165) is 37.0 Å². The Bertz CT molecular complexity index is 579. The third-order valence-electron chi connectivity index (χ3n) is 5.87. The van der Waals surface area contributed by atoms with E-state index in [1.807, 2.05) is 18.2 Å². The minimum absolute atomic E-state index is 0.348. The highest BCUT2D eigenvalue weighted by atomic mass is 16.5. The van der Waals surface area contributed by atoms with Crippen LogP contribution < -0.4 is 10.1 Å². The lowest BCUT2D eigenvalue weighted by atomic mass is 9.69. The van der Waals surface area contributed by atoms with Crippen molar-refractivity contribution in [3.63, 3.8) is 0 Å². The monoisotopic (exact) mass is 327 g/mol. The van der Waals surface area contributed by atoms with Crippen LogP contribution in [0, 0.1) is 11.3 Å². The molecule has 1 aromatic rings. The summed E-state index contributed by atoms with van der Waals surface area (Å²) in [7, 11) is 3.88. The molecule has 1 heterocycles. The second-order valence-corrected chi connectivity index (χ2v) is 7.44. The van der Waals surface area contributed by atoms with Crippen molar-refractivity contribution < 1.29 is 4.74 Å². The summed E-state index contributed by atoms with van der Waals surface area (Å²) in [5.74, 6) is 0.841. The van der Waals surface area contributed by atoms with Gasteiger partial charge in [-0.15, -0.1) is 0 Å². The molecule has 1 aromatic carbocycles. The largest absolute Gasteiger partial charge is 0.497 e. The maximum atomic E-state index is 9.88. The van der Waals surface area contributed by atoms with Crippen molar-refractivity contribution in [1.82, 2.24) is 10.2 Å². The van der Waals surface area contributed by atoms with E-state index < -0.39 is 0 Å². The summed E-state index contributed by atoms with van der Waals surface area (Å²) in [6.07, 6.45) is 6.51. The zero-order valence-corrected chi connectivity index (χ0v) is 14.9. The summed E-state index contributed by atoms with van der Waals surface area (Å²) in [4.78, 5) is 2.41. The van der Waals surface area contributed by atoms with Crippen LogP contribution in [0.4, 0.5) is 0 Å². The van der Waals surface area contributed by atoms with Gasteiger partial charge in [0.25, 0.3) is 0 Å². The van der Waals surface area contributed by atoms with Crippen LogP contribution >= 0.6 is 0 Å². The maximum absolute atomic E-state index is 9.88. The molecular formula is C20H29N3O. The average molecular weight is 327 g/mol. The molecule has 1 aliphatic heterocycles. The van der Waals surface area contributed by atoms with Crippen LogP contribution in [0.2, 0.25) is 0 Å². The molecular weight excluding hydrogens is 298 g/mol. The van der Waals surface area contributed by atoms with E-state index in [0.29, 0.717) is 12.1 Å². The number of nitrogens with one attached hydrogen (secondary N) is 1. The number of nitriles is 1. The first kappa shape index (κ1) is 17.3. The standard InChI is InChI=1S/C20H29N3O/c1-23-12-8-18(9-13-23)22-17-6-10-20(15-21,11-7-17)16-4-3-5-19(14-16)24-2/h3-5,14,17-18,22H,6-13H2,1-2H3. The third kappa shape index (κ3) is 3.74. The maximum Gasteiger partial charge on any atom is 0.119 e. The van der Waals surface area contributed by atoms with E-state index >= 15 is 0 Å². The molecule has 3 rings (SSSR count). The summed E-state index contributed by atoms with van der Waals surface area (Å²) in [6, 6.07) is 11.9. The molecule has 0 atom stereocenters. The first-order valence-electron chi connectivity index (χ1n) is 9.15. The summed E-state index contributed by atoms with van der Waals surface area (Å²) >= 11 is 0. The lowest BCUT2D eigenvalue weighted by molar-refractivity contribution is 0.203. The van der Waals surface area contributed by atoms with E-state index in [2.05, 4.69) is 29.4 Å². The van der Waals surface area contributed by atoms with E-state index in [1.165, 1.54) is 25.9 Å². The molecule has 4 heteroatoms. The number of ether oxygens (including phenoxy) is 1. The van der Waals surface area contributed by atoms with Gasteiger partial charge in [-0.3, -0.25) is 0 Å². The van der Waals surface area contributed by atoms with Crippen molar-refractivity contribution in [2.75, 3.05) is 27.2 Å². The summed E-state index contributed by atoms with van der Waals surface area (Å²) in [5.41, 5.74) is 0.765. The molecule has 1 N–H and O–H groups in total. The molecule has 1 saturated heterocycles. The fourth-order valence-electron chi connectivity index (χ4n) is 4.17. The Labute approximate surface area is 145 Å². The van der Waals surface area contributed by atoms with Crippen molar-refractivity contribution >= 4 is 0 Å². The van der Waals surface area contributed by atoms with Gasteiger partial charge in [0.05, 0.1) is 18.6 Å². The number of hydrogen-bond donors (Lipinski definition) is 1. The zero-order valence-electron chi connectivity index (χ0n) is 14.9. The van der Waals surface area contributed by atoms with Crippen LogP contribution in [0.25, 0.3) is 0 Å². The molecule has 130 valence electrons. The second-order valence-electron chi connectivity index (χ2n) is 7.44. The number of hydrogen-bond acceptors (Lipinski definition) is 4. The highest BCUT2D eigenvalue weighted by molar-refractivity contribution is 5.38. The van der Waals surface area contributed by atoms with Crippen molar-refractivity contribution in [2.45, 2.75) is 56.0 Å². The Morgan fingerprint density at radius 3 is 2.46 bits per heavy atom. The molecule has 1 aliphatic carbocycles. The normalized spacial score (nSPS) is 29.1. The van der Waals surface area contributed by atoms with Gasteiger partial charge in [0.1, 0.15) is 5.75 Å². The Kier molecular flexibility index (Phi) is 5.43. The number of nitrogens with zero attached hydrogens (tertiary/aromatic N) is 2. The summed E-state index contributed by atoms with van der Waals surface area (Å²) in [6.45, 7) is 2.38. The topological polar surface area (TPSA) is 48.3 Å². The van der Waals surface area contributed by atoms with E-state index in [9.17, 15) is 5.26 Å². The van der Waals surface area contributed by atoms with Crippen LogP contribution in [0.15, 0.2) is 24.3 Å². The number of benzene rings is 1. The molecule has 2 fully saturated rings. The van der Waals surface area contributed by atoms with Crippen molar-refractivity contribution in [3.05, 3.63) is 29.8 Å². The number of likely N-dealkylation sites (tertiary alicyclic amines) is 1. The van der Waals surface area contributed by atoms with Crippen LogP contribution in [0.3, 0.4) is 0 Å². The molecule has 0 amide bonds. The molecule has 0 aromatic heterocycles. The summed E-state index contributed by atoms with van der Waals surface area (Å²) in [5, 5.41) is 13.7. The average Bonchev–Trinajstić information content (AvgIpc) is 2.64. The van der Waals surface area contributed by atoms with E-state index in [-0.39, 0.29) is 5.41 Å². The van der Waals surface area contributed by atoms with Gasteiger partial charge < -0.3 is 15.0 Å². The molecule has 0 bridgehead atoms. The molecule has 1 saturated carbocycles. The van der Waals surface area contributed by atoms with Gasteiger partial charge in [-0.1, -0.05) is 12.1 Å². The second kappa shape index (κ2) is 7.55. The van der Waals surface area contributed by atoms with Crippen LogP contribution in [-0.4, -0.2) is 44.2 Å². The van der Waals surface area contributed by atoms with Gasteiger partial charge in [-0.2, -0.15) is 5.26 Å². The Morgan fingerprint density at radius 2 is 1.83 bits per heavy atom. The Balaban J connectivity index is 1.60. The molecule has 2 aliphatic rings. The van der Waals surface area contributed by atoms with Crippen molar-refractivity contribution in [2.24, 2.45) is 0 Å². The quantitative estimate of drug-likeness (QED) is 0.923. The van der Waals surface area contributed by atoms with Crippen molar-refractivity contribution in [1.29, 1.82) is 5.26 Å². The molecule has 4 nitrogen and oxygen atoms in total. The van der Waals surface area contributed by atoms with Gasteiger partial charge in [-0.05, 0) is 76.4 Å². The predicted octanol–water partition coefficient (Wildman–Crippen LogP) is 3.08. The fourth-order valence-corrected chi connectivity index (χ4v) is 4.17. The van der Waals surface area contributed by atoms with Crippen LogP contribution in [0.1, 0.15) is 44.1 Å². The first-order valence-corrected chi connectivity index (χ1v) is 9.15. The SMILES string of the molecule is COc1cccc(C2(C#N)CCC(NC3CCN(C)CC3)CC2)c1. The Morgan fingerprint density at radius 1 is 1.17 bits per heavy atom. The number of methoxy groups -OCH3 is 1. The first-order chi connectivity index (χ1) is 11.6. The summed E-state index contributed by atoms with van der Waals surface area (Å²) < 4.78 is 5.34. The lowest BCUT2D eigenvalue weighted by Gasteiger charge is -2.39. The zero-order chi connectivity index (χ0) is 17.0. The minimum atomic E-state index is -0.348. The minimum Gasteiger partial charge on any atom is -0.497 e. The van der Waals surface area contributed by atoms with Crippen LogP contribution in [-0.2, 0) is 5.41 Å². The van der Waals surface area contributed by atoms with Gasteiger partial charge in [0.15, 0.2) is 0 Å². The van der Waals surface area contributed by atoms with Gasteiger partial charge in [0, 0.05) is 12.1 Å². The fraction of sp³-hybridized carbons (Fsp3) is 0.650. The molecule has 24 heavy (non-hydrogen) atoms. The molecule has 0 unspecified atom stereocenters. The highest BCUT2D eigenvalue weighted by Crippen LogP contribution is 2.40. The predicted molar refractivity (Wildman–Crippen MR) is 96.2 cm³/mol. The smallest absolute Gasteiger partial charge is 0.119 e. The van der Waals surface area contributed by atoms with Crippen LogP contribution in [0.5, 0.6) is 5.75 Å². The number of piperidine rings is 1. The van der Waals surface area contributed by atoms with Crippen molar-refractivity contribution in [3.8, 4) is 11.8 Å². The molecule has 0 radical (unpaired) electrons. The van der Waals surface area contributed by atoms with Gasteiger partial charge in [-0.25, -0.2) is 0 Å². The van der Waals surface area contributed by atoms with Gasteiger partial charge in [0.2, 0.25) is 0 Å². The van der Waals surface area contributed by atoms with Gasteiger partial charge >= 0.3 is 0 Å². The van der Waals surface area contributed by atoms with E-state index in [1.54, 1.807) is 7.11 Å². The van der Waals surface area contributed by atoms with E-state index in [4.69, 9.17) is 4.74 Å². The Hall–Kier alpha value is -1.57. The number of rotatable bonds is 4. The highest BCUT2D eigenvalue weighted by Gasteiger charge is 2.38. The third-order valence-corrected chi connectivity index (χ3v) is 5.87.